The summed E-state index contributed by atoms with van der Waals surface area (Å²) < 4.78 is 3.36. The Kier molecular flexibility index (Phi) is 3.34. The Hall–Kier alpha value is -3.03. The van der Waals surface area contributed by atoms with Crippen molar-refractivity contribution in [2.24, 2.45) is 0 Å². The topological polar surface area (TPSA) is 81.7 Å². The van der Waals surface area contributed by atoms with Gasteiger partial charge in [0.05, 0.1) is 12.2 Å². The minimum absolute atomic E-state index is 0.0372. The summed E-state index contributed by atoms with van der Waals surface area (Å²) in [6.07, 6.45) is 4.89. The molecule has 0 atom stereocenters. The average molecular weight is 309 g/mol. The van der Waals surface area contributed by atoms with Crippen molar-refractivity contribution in [2.45, 2.75) is 12.6 Å². The third-order valence-electron chi connectivity index (χ3n) is 3.93. The highest BCUT2D eigenvalue weighted by Gasteiger charge is 2.32. The predicted molar refractivity (Wildman–Crippen MR) is 81.1 cm³/mol. The summed E-state index contributed by atoms with van der Waals surface area (Å²) in [4.78, 5) is 17.7. The van der Waals surface area contributed by atoms with Crippen molar-refractivity contribution in [1.82, 2.24) is 34.7 Å². The van der Waals surface area contributed by atoms with Crippen molar-refractivity contribution in [3.8, 4) is 11.3 Å². The molecule has 1 aromatic carbocycles. The highest BCUT2D eigenvalue weighted by Crippen LogP contribution is 2.23. The number of likely N-dealkylation sites (tertiary alicyclic amines) is 1. The van der Waals surface area contributed by atoms with Crippen molar-refractivity contribution in [1.29, 1.82) is 0 Å². The van der Waals surface area contributed by atoms with Gasteiger partial charge in [0.25, 0.3) is 0 Å². The lowest BCUT2D eigenvalue weighted by molar-refractivity contribution is -0.138. The molecule has 0 spiro atoms. The van der Waals surface area contributed by atoms with Gasteiger partial charge in [-0.1, -0.05) is 35.5 Å². The van der Waals surface area contributed by atoms with Gasteiger partial charge in [0.1, 0.15) is 24.9 Å². The van der Waals surface area contributed by atoms with Gasteiger partial charge in [-0.2, -0.15) is 5.10 Å². The van der Waals surface area contributed by atoms with E-state index in [9.17, 15) is 4.79 Å². The standard InChI is InChI=1S/C15H15N7O/c23-15(9-21-11-16-10-17-21)20-6-13(7-20)22-8-14(18-19-22)12-4-2-1-3-5-12/h1-5,8,10-11,13H,6-7,9H2. The summed E-state index contributed by atoms with van der Waals surface area (Å²) in [5.41, 5.74) is 1.88. The van der Waals surface area contributed by atoms with Crippen LogP contribution in [0, 0.1) is 0 Å². The minimum Gasteiger partial charge on any atom is -0.337 e. The van der Waals surface area contributed by atoms with E-state index >= 15 is 0 Å². The van der Waals surface area contributed by atoms with Gasteiger partial charge in [-0.15, -0.1) is 5.10 Å². The van der Waals surface area contributed by atoms with Crippen LogP contribution in [0.15, 0.2) is 49.2 Å². The molecule has 0 aliphatic carbocycles. The molecule has 0 bridgehead atoms. The molecular formula is C15H15N7O. The van der Waals surface area contributed by atoms with Crippen molar-refractivity contribution in [3.05, 3.63) is 49.2 Å². The summed E-state index contributed by atoms with van der Waals surface area (Å²) in [5, 5.41) is 12.3. The normalized spacial score (nSPS) is 14.7. The van der Waals surface area contributed by atoms with E-state index in [1.807, 2.05) is 41.2 Å². The molecular weight excluding hydrogens is 294 g/mol. The van der Waals surface area contributed by atoms with Crippen molar-refractivity contribution in [2.75, 3.05) is 13.1 Å². The molecule has 1 saturated heterocycles. The van der Waals surface area contributed by atoms with Crippen LogP contribution >= 0.6 is 0 Å². The van der Waals surface area contributed by atoms with Gasteiger partial charge in [0.15, 0.2) is 0 Å². The molecule has 1 aliphatic rings. The number of nitrogens with zero attached hydrogens (tertiary/aromatic N) is 7. The Morgan fingerprint density at radius 2 is 2.04 bits per heavy atom. The van der Waals surface area contributed by atoms with Crippen LogP contribution in [-0.4, -0.2) is 53.7 Å². The van der Waals surface area contributed by atoms with Crippen LogP contribution in [0.3, 0.4) is 0 Å². The van der Waals surface area contributed by atoms with Crippen LogP contribution in [-0.2, 0) is 11.3 Å². The molecule has 8 nitrogen and oxygen atoms in total. The van der Waals surface area contributed by atoms with E-state index in [-0.39, 0.29) is 18.5 Å². The molecule has 1 fully saturated rings. The molecule has 23 heavy (non-hydrogen) atoms. The van der Waals surface area contributed by atoms with Gasteiger partial charge in [0, 0.05) is 18.7 Å². The maximum atomic E-state index is 12.1. The highest BCUT2D eigenvalue weighted by molar-refractivity contribution is 5.76. The monoisotopic (exact) mass is 309 g/mol. The first-order chi connectivity index (χ1) is 11.3. The zero-order valence-corrected chi connectivity index (χ0v) is 12.4. The largest absolute Gasteiger partial charge is 0.337 e. The summed E-state index contributed by atoms with van der Waals surface area (Å²) in [7, 11) is 0. The van der Waals surface area contributed by atoms with Crippen LogP contribution in [0.4, 0.5) is 0 Å². The zero-order valence-electron chi connectivity index (χ0n) is 12.4. The van der Waals surface area contributed by atoms with Crippen LogP contribution in [0.2, 0.25) is 0 Å². The summed E-state index contributed by atoms with van der Waals surface area (Å²) in [6.45, 7) is 1.51. The number of amides is 1. The second-order valence-electron chi connectivity index (χ2n) is 5.50. The zero-order chi connectivity index (χ0) is 15.6. The lowest BCUT2D eigenvalue weighted by Gasteiger charge is -2.38. The maximum Gasteiger partial charge on any atom is 0.244 e. The Morgan fingerprint density at radius 1 is 1.22 bits per heavy atom. The first-order valence-electron chi connectivity index (χ1n) is 7.37. The van der Waals surface area contributed by atoms with Gasteiger partial charge in [0.2, 0.25) is 5.91 Å². The van der Waals surface area contributed by atoms with Gasteiger partial charge >= 0.3 is 0 Å². The van der Waals surface area contributed by atoms with Gasteiger partial charge in [-0.05, 0) is 0 Å². The molecule has 0 radical (unpaired) electrons. The number of hydrogen-bond donors (Lipinski definition) is 0. The number of hydrogen-bond acceptors (Lipinski definition) is 5. The van der Waals surface area contributed by atoms with E-state index in [1.165, 1.54) is 11.0 Å². The summed E-state index contributed by atoms with van der Waals surface area (Å²) >= 11 is 0. The van der Waals surface area contributed by atoms with Crippen LogP contribution < -0.4 is 0 Å². The van der Waals surface area contributed by atoms with Crippen LogP contribution in [0.1, 0.15) is 6.04 Å². The Bertz CT molecular complexity index is 790. The summed E-state index contributed by atoms with van der Waals surface area (Å²) in [6, 6.07) is 10.1. The molecule has 116 valence electrons. The van der Waals surface area contributed by atoms with E-state index in [0.29, 0.717) is 13.1 Å². The molecule has 0 unspecified atom stereocenters. The SMILES string of the molecule is O=C(Cn1cncn1)N1CC(n2cc(-c3ccccc3)nn2)C1. The highest BCUT2D eigenvalue weighted by atomic mass is 16.2. The number of benzene rings is 1. The van der Waals surface area contributed by atoms with Gasteiger partial charge in [-0.25, -0.2) is 14.3 Å². The predicted octanol–water partition coefficient (Wildman–Crippen LogP) is 0.620. The molecule has 3 aromatic rings. The first-order valence-corrected chi connectivity index (χ1v) is 7.37. The van der Waals surface area contributed by atoms with Gasteiger partial charge < -0.3 is 4.90 Å². The molecule has 1 aliphatic heterocycles. The third kappa shape index (κ3) is 2.70. The number of rotatable bonds is 4. The van der Waals surface area contributed by atoms with E-state index < -0.39 is 0 Å². The van der Waals surface area contributed by atoms with E-state index in [0.717, 1.165) is 11.3 Å². The fraction of sp³-hybridized carbons (Fsp3) is 0.267. The quantitative estimate of drug-likeness (QED) is 0.705. The smallest absolute Gasteiger partial charge is 0.244 e. The molecule has 4 rings (SSSR count). The Labute approximate surface area is 132 Å². The first kappa shape index (κ1) is 13.6. The fourth-order valence-corrected chi connectivity index (χ4v) is 2.58. The number of carbonyl (C=O) groups excluding carboxylic acids is 1. The van der Waals surface area contributed by atoms with Crippen molar-refractivity contribution >= 4 is 5.91 Å². The molecule has 3 heterocycles. The van der Waals surface area contributed by atoms with E-state index in [1.54, 1.807) is 11.2 Å². The number of carbonyl (C=O) groups is 1. The molecule has 2 aromatic heterocycles. The second kappa shape index (κ2) is 5.64. The van der Waals surface area contributed by atoms with Crippen LogP contribution in [0.25, 0.3) is 11.3 Å². The lowest BCUT2D eigenvalue weighted by atomic mass is 10.1. The molecule has 0 saturated carbocycles. The summed E-state index contributed by atoms with van der Waals surface area (Å²) in [5.74, 6) is 0.0372. The average Bonchev–Trinajstić information content (AvgIpc) is 3.18. The van der Waals surface area contributed by atoms with Crippen molar-refractivity contribution < 1.29 is 4.79 Å². The Morgan fingerprint density at radius 3 is 2.78 bits per heavy atom. The molecule has 1 amide bonds. The van der Waals surface area contributed by atoms with E-state index in [4.69, 9.17) is 0 Å². The lowest BCUT2D eigenvalue weighted by Crippen LogP contribution is -2.51. The van der Waals surface area contributed by atoms with Crippen LogP contribution in [0.5, 0.6) is 0 Å². The molecule has 0 N–H and O–H groups in total. The Balaban J connectivity index is 1.37. The minimum atomic E-state index is 0.0372. The number of aromatic nitrogens is 6. The third-order valence-corrected chi connectivity index (χ3v) is 3.93. The maximum absolute atomic E-state index is 12.1. The molecule has 8 heteroatoms. The second-order valence-corrected chi connectivity index (χ2v) is 5.50. The van der Waals surface area contributed by atoms with Crippen molar-refractivity contribution in [3.63, 3.8) is 0 Å². The van der Waals surface area contributed by atoms with E-state index in [2.05, 4.69) is 20.4 Å². The van der Waals surface area contributed by atoms with Gasteiger partial charge in [-0.3, -0.25) is 4.79 Å². The fourth-order valence-electron chi connectivity index (χ4n) is 2.58.